The molecule has 0 bridgehead atoms. The van der Waals surface area contributed by atoms with Gasteiger partial charge in [-0.1, -0.05) is 18.2 Å². The van der Waals surface area contributed by atoms with Gasteiger partial charge in [0.25, 0.3) is 0 Å². The van der Waals surface area contributed by atoms with Gasteiger partial charge in [0, 0.05) is 6.92 Å². The number of quaternary nitrogens is 1. The predicted molar refractivity (Wildman–Crippen MR) is 48.6 cm³/mol. The molecule has 0 spiro atoms. The van der Waals surface area contributed by atoms with E-state index in [0.717, 1.165) is 10.6 Å². The van der Waals surface area contributed by atoms with Crippen molar-refractivity contribution in [3.8, 4) is 0 Å². The van der Waals surface area contributed by atoms with Crippen LogP contribution in [0.3, 0.4) is 0 Å². The van der Waals surface area contributed by atoms with E-state index in [1.807, 2.05) is 6.92 Å². The Bertz CT molecular complexity index is 150. The number of alkyl halides is 1. The molecule has 0 amide bonds. The van der Waals surface area contributed by atoms with Crippen LogP contribution < -0.4 is 5.11 Å². The fourth-order valence-electron chi connectivity index (χ4n) is 0. The Morgan fingerprint density at radius 3 is 1.75 bits per heavy atom. The molecule has 0 saturated heterocycles. The van der Waals surface area contributed by atoms with Gasteiger partial charge in [0.1, 0.15) is 0 Å². The van der Waals surface area contributed by atoms with E-state index in [1.165, 1.54) is 0 Å². The second kappa shape index (κ2) is 6.03. The average Bonchev–Trinajstić information content (AvgIpc) is 1.87. The summed E-state index contributed by atoms with van der Waals surface area (Å²) >= 11 is 5.73. The monoisotopic (exact) mass is 193 g/mol. The van der Waals surface area contributed by atoms with Crippen LogP contribution in [-0.4, -0.2) is 37.1 Å². The Kier molecular flexibility index (Phi) is 7.04. The zero-order chi connectivity index (χ0) is 10.4. The molecule has 1 atom stereocenters. The lowest BCUT2D eigenvalue weighted by Crippen LogP contribution is -2.39. The van der Waals surface area contributed by atoms with E-state index in [-0.39, 0.29) is 5.50 Å². The van der Waals surface area contributed by atoms with E-state index in [4.69, 9.17) is 21.5 Å². The Labute approximate surface area is 78.8 Å². The molecule has 4 heteroatoms. The third kappa shape index (κ3) is 12.2. The van der Waals surface area contributed by atoms with Gasteiger partial charge >= 0.3 is 0 Å². The van der Waals surface area contributed by atoms with Crippen molar-refractivity contribution >= 4 is 17.6 Å². The van der Waals surface area contributed by atoms with Crippen LogP contribution in [0.15, 0.2) is 12.7 Å². The van der Waals surface area contributed by atoms with Crippen molar-refractivity contribution < 1.29 is 14.4 Å². The van der Waals surface area contributed by atoms with Crippen molar-refractivity contribution in [3.05, 3.63) is 12.7 Å². The molecule has 0 saturated carbocycles. The van der Waals surface area contributed by atoms with Crippen molar-refractivity contribution in [2.24, 2.45) is 0 Å². The highest BCUT2D eigenvalue weighted by Gasteiger charge is 2.12. The Hall–Kier alpha value is -0.540. The van der Waals surface area contributed by atoms with Crippen LogP contribution in [-0.2, 0) is 4.79 Å². The first-order chi connectivity index (χ1) is 5.21. The third-order valence-electron chi connectivity index (χ3n) is 1.23. The molecule has 0 heterocycles. The maximum Gasteiger partial charge on any atom is 0.161 e. The summed E-state index contributed by atoms with van der Waals surface area (Å²) in [6.45, 7) is 4.89. The van der Waals surface area contributed by atoms with Crippen LogP contribution in [0.4, 0.5) is 0 Å². The molecular formula is C8H16ClNO2. The maximum absolute atomic E-state index is 9.14. The lowest BCUT2D eigenvalue weighted by atomic mass is 10.6. The number of carbonyl (C=O) groups is 1. The lowest BCUT2D eigenvalue weighted by molar-refractivity contribution is -0.880. The third-order valence-corrected chi connectivity index (χ3v) is 1.82. The number of carbonyl (C=O) groups excluding carboxylic acids is 1. The zero-order valence-corrected chi connectivity index (χ0v) is 8.76. The normalized spacial score (nSPS) is 12.4. The van der Waals surface area contributed by atoms with E-state index >= 15 is 0 Å². The van der Waals surface area contributed by atoms with Gasteiger partial charge in [0.2, 0.25) is 0 Å². The highest BCUT2D eigenvalue weighted by Crippen LogP contribution is 2.04. The van der Waals surface area contributed by atoms with Gasteiger partial charge in [-0.3, -0.25) is 0 Å². The molecule has 0 radical (unpaired) electrons. The second-order valence-corrected chi connectivity index (χ2v) is 3.85. The summed E-state index contributed by atoms with van der Waals surface area (Å²) in [6, 6.07) is 0. The largest absolute Gasteiger partial charge is 0.545 e. The van der Waals surface area contributed by atoms with Crippen molar-refractivity contribution in [1.82, 2.24) is 0 Å². The quantitative estimate of drug-likeness (QED) is 0.272. The number of halogens is 1. The molecule has 0 aromatic carbocycles. The number of nitrogens with zero attached hydrogens (tertiary/aromatic N) is 1. The maximum atomic E-state index is 9.14. The zero-order valence-electron chi connectivity index (χ0n) is 8.00. The standard InChI is InChI=1S/C5H13ClN.C3H4O2/c1-5(6)7(2,3)4;1-2-3(4)5/h5H,1-4H3;2H,1H2,(H,4,5)/q+1;/p-1. The number of hydrogen-bond acceptors (Lipinski definition) is 2. The smallest absolute Gasteiger partial charge is 0.161 e. The summed E-state index contributed by atoms with van der Waals surface area (Å²) in [5, 5.41) is 9.14. The van der Waals surface area contributed by atoms with Crippen LogP contribution in [0.5, 0.6) is 0 Å². The van der Waals surface area contributed by atoms with Crippen LogP contribution in [0.1, 0.15) is 6.92 Å². The summed E-state index contributed by atoms with van der Waals surface area (Å²) in [7, 11) is 6.20. The van der Waals surface area contributed by atoms with Gasteiger partial charge < -0.3 is 14.4 Å². The van der Waals surface area contributed by atoms with Gasteiger partial charge in [-0.2, -0.15) is 0 Å². The molecular weight excluding hydrogens is 178 g/mol. The predicted octanol–water partition coefficient (Wildman–Crippen LogP) is 0.200. The summed E-state index contributed by atoms with van der Waals surface area (Å²) in [5.41, 5.74) is 0.208. The summed E-state index contributed by atoms with van der Waals surface area (Å²) < 4.78 is 0.821. The van der Waals surface area contributed by atoms with Crippen molar-refractivity contribution in [2.45, 2.75) is 12.4 Å². The fraction of sp³-hybridized carbons (Fsp3) is 0.625. The first-order valence-electron chi connectivity index (χ1n) is 3.50. The Balaban J connectivity index is 0. The van der Waals surface area contributed by atoms with Crippen LogP contribution in [0.2, 0.25) is 0 Å². The van der Waals surface area contributed by atoms with Gasteiger partial charge in [-0.05, 0) is 6.08 Å². The fourth-order valence-corrected chi connectivity index (χ4v) is 0. The topological polar surface area (TPSA) is 40.1 Å². The first kappa shape index (κ1) is 14.0. The minimum absolute atomic E-state index is 0.208. The Morgan fingerprint density at radius 2 is 1.75 bits per heavy atom. The van der Waals surface area contributed by atoms with Gasteiger partial charge in [0.05, 0.1) is 27.1 Å². The molecule has 0 aromatic heterocycles. The molecule has 72 valence electrons. The van der Waals surface area contributed by atoms with Crippen molar-refractivity contribution in [2.75, 3.05) is 21.1 Å². The molecule has 1 unspecified atom stereocenters. The summed E-state index contributed by atoms with van der Waals surface area (Å²) in [6.07, 6.45) is 0.722. The second-order valence-electron chi connectivity index (χ2n) is 3.21. The number of carboxylic acids is 1. The van der Waals surface area contributed by atoms with E-state index in [9.17, 15) is 0 Å². The number of rotatable bonds is 2. The molecule has 12 heavy (non-hydrogen) atoms. The molecule has 0 rings (SSSR count). The summed E-state index contributed by atoms with van der Waals surface area (Å²) in [5.74, 6) is -1.23. The lowest BCUT2D eigenvalue weighted by Gasteiger charge is -2.26. The average molecular weight is 194 g/mol. The number of aliphatic carboxylic acids is 1. The van der Waals surface area contributed by atoms with Crippen LogP contribution in [0, 0.1) is 0 Å². The van der Waals surface area contributed by atoms with E-state index < -0.39 is 5.97 Å². The van der Waals surface area contributed by atoms with Crippen molar-refractivity contribution in [1.29, 1.82) is 0 Å². The number of hydrogen-bond donors (Lipinski definition) is 0. The molecule has 0 fully saturated rings. The SMILES string of the molecule is C=CC(=O)[O-].CC(Cl)[N+](C)(C)C. The Morgan fingerprint density at radius 1 is 1.58 bits per heavy atom. The molecule has 0 aromatic rings. The summed E-state index contributed by atoms with van der Waals surface area (Å²) in [4.78, 5) is 9.14. The molecule has 0 aliphatic carbocycles. The van der Waals surface area contributed by atoms with E-state index in [0.29, 0.717) is 0 Å². The van der Waals surface area contributed by atoms with Gasteiger partial charge in [0.15, 0.2) is 5.50 Å². The van der Waals surface area contributed by atoms with Crippen LogP contribution >= 0.6 is 11.6 Å². The molecule has 0 N–H and O–H groups in total. The minimum atomic E-state index is -1.23. The van der Waals surface area contributed by atoms with E-state index in [2.05, 4.69) is 27.7 Å². The first-order valence-corrected chi connectivity index (χ1v) is 3.94. The van der Waals surface area contributed by atoms with E-state index in [1.54, 1.807) is 0 Å². The van der Waals surface area contributed by atoms with Gasteiger partial charge in [-0.25, -0.2) is 0 Å². The number of carboxylic acid groups (broad SMARTS) is 1. The highest BCUT2D eigenvalue weighted by molar-refractivity contribution is 6.19. The minimum Gasteiger partial charge on any atom is -0.545 e. The molecule has 3 nitrogen and oxygen atoms in total. The van der Waals surface area contributed by atoms with Crippen molar-refractivity contribution in [3.63, 3.8) is 0 Å². The highest BCUT2D eigenvalue weighted by atomic mass is 35.5. The van der Waals surface area contributed by atoms with Crippen LogP contribution in [0.25, 0.3) is 0 Å². The molecule has 0 aliphatic heterocycles. The van der Waals surface area contributed by atoms with Gasteiger partial charge in [-0.15, -0.1) is 0 Å². The molecule has 0 aliphatic rings.